The van der Waals surface area contributed by atoms with Crippen LogP contribution >= 0.6 is 11.6 Å². The molecule has 1 aromatic carbocycles. The van der Waals surface area contributed by atoms with Crippen molar-refractivity contribution in [1.29, 1.82) is 0 Å². The summed E-state index contributed by atoms with van der Waals surface area (Å²) in [4.78, 5) is 11.2. The number of hydrogen-bond donors (Lipinski definition) is 2. The van der Waals surface area contributed by atoms with Crippen LogP contribution < -0.4 is 10.5 Å². The van der Waals surface area contributed by atoms with Gasteiger partial charge in [0.15, 0.2) is 0 Å². The lowest BCUT2D eigenvalue weighted by Gasteiger charge is -2.07. The van der Waals surface area contributed by atoms with Gasteiger partial charge in [0.2, 0.25) is 15.9 Å². The Labute approximate surface area is 98.6 Å². The molecule has 1 rings (SSSR count). The molecule has 5 nitrogen and oxygen atoms in total. The summed E-state index contributed by atoms with van der Waals surface area (Å²) in [5, 5.41) is 6.72. The van der Waals surface area contributed by atoms with E-state index in [-0.39, 0.29) is 4.90 Å². The molecule has 1 atom stereocenters. The van der Waals surface area contributed by atoms with Gasteiger partial charge in [0.25, 0.3) is 0 Å². The number of rotatable bonds is 3. The van der Waals surface area contributed by atoms with E-state index >= 15 is 0 Å². The lowest BCUT2D eigenvalue weighted by Crippen LogP contribution is -2.20. The van der Waals surface area contributed by atoms with Gasteiger partial charge in [-0.25, -0.2) is 13.6 Å². The van der Waals surface area contributed by atoms with Crippen molar-refractivity contribution < 1.29 is 13.2 Å². The summed E-state index contributed by atoms with van der Waals surface area (Å²) >= 11 is 5.55. The van der Waals surface area contributed by atoms with Crippen LogP contribution in [0.3, 0.4) is 0 Å². The third kappa shape index (κ3) is 3.48. The number of nitrogens with two attached hydrogens (primary N) is 1. The largest absolute Gasteiger partial charge is 0.325 e. The van der Waals surface area contributed by atoms with Crippen molar-refractivity contribution in [3.63, 3.8) is 0 Å². The number of alkyl halides is 1. The lowest BCUT2D eigenvalue weighted by atomic mass is 10.3. The summed E-state index contributed by atoms with van der Waals surface area (Å²) in [5.41, 5.74) is 0.337. The fourth-order valence-corrected chi connectivity index (χ4v) is 1.61. The van der Waals surface area contributed by atoms with Crippen LogP contribution in [0.25, 0.3) is 0 Å². The molecule has 0 saturated carbocycles. The van der Waals surface area contributed by atoms with Gasteiger partial charge >= 0.3 is 0 Å². The van der Waals surface area contributed by atoms with Gasteiger partial charge in [-0.3, -0.25) is 4.79 Å². The average molecular weight is 263 g/mol. The molecule has 0 spiro atoms. The zero-order chi connectivity index (χ0) is 12.3. The Kier molecular flexibility index (Phi) is 3.90. The number of hydrogen-bond acceptors (Lipinski definition) is 3. The summed E-state index contributed by atoms with van der Waals surface area (Å²) in [6.45, 7) is 1.51. The molecule has 0 aliphatic heterocycles. The quantitative estimate of drug-likeness (QED) is 0.793. The predicted octanol–water partition coefficient (Wildman–Crippen LogP) is 0.900. The van der Waals surface area contributed by atoms with Crippen LogP contribution in [0.2, 0.25) is 0 Å². The molecule has 0 fully saturated rings. The Morgan fingerprint density at radius 1 is 1.50 bits per heavy atom. The fraction of sp³-hybridized carbons (Fsp3) is 0.222. The van der Waals surface area contributed by atoms with E-state index in [0.29, 0.717) is 5.69 Å². The first-order valence-corrected chi connectivity index (χ1v) is 6.37. The minimum atomic E-state index is -3.77. The highest BCUT2D eigenvalue weighted by molar-refractivity contribution is 7.89. The minimum Gasteiger partial charge on any atom is -0.325 e. The highest BCUT2D eigenvalue weighted by Crippen LogP contribution is 2.14. The topological polar surface area (TPSA) is 89.3 Å². The van der Waals surface area contributed by atoms with Gasteiger partial charge in [0.1, 0.15) is 5.38 Å². The molecular weight excluding hydrogens is 252 g/mol. The van der Waals surface area contributed by atoms with Crippen molar-refractivity contribution >= 4 is 33.2 Å². The number of carbonyl (C=O) groups is 1. The van der Waals surface area contributed by atoms with Crippen LogP contribution in [-0.4, -0.2) is 19.7 Å². The van der Waals surface area contributed by atoms with E-state index in [4.69, 9.17) is 16.7 Å². The molecule has 0 aromatic heterocycles. The van der Waals surface area contributed by atoms with Gasteiger partial charge in [-0.2, -0.15) is 0 Å². The molecule has 0 aliphatic rings. The minimum absolute atomic E-state index is 0.0625. The second-order valence-corrected chi connectivity index (χ2v) is 5.39. The molecule has 0 heterocycles. The molecule has 1 aromatic rings. The van der Waals surface area contributed by atoms with Crippen LogP contribution in [-0.2, 0) is 14.8 Å². The van der Waals surface area contributed by atoms with Crippen molar-refractivity contribution in [1.82, 2.24) is 0 Å². The van der Waals surface area contributed by atoms with Gasteiger partial charge in [-0.15, -0.1) is 11.6 Å². The first kappa shape index (κ1) is 13.0. The normalized spacial score (nSPS) is 13.2. The molecule has 1 amide bonds. The Balaban J connectivity index is 2.96. The third-order valence-electron chi connectivity index (χ3n) is 1.79. The number of anilines is 1. The smallest absolute Gasteiger partial charge is 0.242 e. The standard InChI is InChI=1S/C9H11ClN2O3S/c1-6(10)9(13)12-7-3-2-4-8(5-7)16(11,14)15/h2-6H,1H3,(H,12,13)(H2,11,14,15)/t6-/m1/s1. The van der Waals surface area contributed by atoms with E-state index < -0.39 is 21.3 Å². The zero-order valence-corrected chi connectivity index (χ0v) is 10.0. The summed E-state index contributed by atoms with van der Waals surface area (Å²) in [5.74, 6) is -0.409. The van der Waals surface area contributed by atoms with Gasteiger partial charge in [-0.1, -0.05) is 6.07 Å². The van der Waals surface area contributed by atoms with Gasteiger partial charge in [0, 0.05) is 5.69 Å². The molecule has 88 valence electrons. The first-order valence-electron chi connectivity index (χ1n) is 4.38. The molecule has 7 heteroatoms. The number of halogens is 1. The molecular formula is C9H11ClN2O3S. The highest BCUT2D eigenvalue weighted by atomic mass is 35.5. The van der Waals surface area contributed by atoms with Crippen molar-refractivity contribution in [3.8, 4) is 0 Å². The fourth-order valence-electron chi connectivity index (χ4n) is 0.993. The van der Waals surface area contributed by atoms with Crippen LogP contribution in [0.1, 0.15) is 6.92 Å². The zero-order valence-electron chi connectivity index (χ0n) is 8.48. The maximum absolute atomic E-state index is 11.2. The second kappa shape index (κ2) is 4.82. The Morgan fingerprint density at radius 2 is 2.12 bits per heavy atom. The molecule has 0 aliphatic carbocycles. The van der Waals surface area contributed by atoms with Crippen molar-refractivity contribution in [2.45, 2.75) is 17.2 Å². The maximum Gasteiger partial charge on any atom is 0.242 e. The van der Waals surface area contributed by atoms with E-state index in [0.717, 1.165) is 0 Å². The van der Waals surface area contributed by atoms with E-state index in [1.54, 1.807) is 6.07 Å². The number of sulfonamides is 1. The number of amides is 1. The Morgan fingerprint density at radius 3 is 2.62 bits per heavy atom. The number of nitrogens with one attached hydrogen (secondary N) is 1. The van der Waals surface area contributed by atoms with Crippen LogP contribution in [0.5, 0.6) is 0 Å². The van der Waals surface area contributed by atoms with E-state index in [2.05, 4.69) is 5.32 Å². The number of benzene rings is 1. The molecule has 0 radical (unpaired) electrons. The monoisotopic (exact) mass is 262 g/mol. The average Bonchev–Trinajstić information content (AvgIpc) is 2.16. The van der Waals surface area contributed by atoms with Gasteiger partial charge < -0.3 is 5.32 Å². The predicted molar refractivity (Wildman–Crippen MR) is 61.8 cm³/mol. The maximum atomic E-state index is 11.2. The van der Waals surface area contributed by atoms with Crippen LogP contribution in [0.4, 0.5) is 5.69 Å². The van der Waals surface area contributed by atoms with Crippen molar-refractivity contribution in [3.05, 3.63) is 24.3 Å². The Bertz CT molecular complexity index is 499. The number of carbonyl (C=O) groups excluding carboxylic acids is 1. The first-order chi connectivity index (χ1) is 7.30. The third-order valence-corrected chi connectivity index (χ3v) is 2.90. The molecule has 0 unspecified atom stereocenters. The van der Waals surface area contributed by atoms with E-state index in [9.17, 15) is 13.2 Å². The highest BCUT2D eigenvalue weighted by Gasteiger charge is 2.11. The lowest BCUT2D eigenvalue weighted by molar-refractivity contribution is -0.115. The van der Waals surface area contributed by atoms with Gasteiger partial charge in [0.05, 0.1) is 4.90 Å². The molecule has 0 bridgehead atoms. The van der Waals surface area contributed by atoms with E-state index in [1.807, 2.05) is 0 Å². The molecule has 16 heavy (non-hydrogen) atoms. The van der Waals surface area contributed by atoms with Gasteiger partial charge in [-0.05, 0) is 25.1 Å². The summed E-state index contributed by atoms with van der Waals surface area (Å²) in [7, 11) is -3.77. The number of primary sulfonamides is 1. The summed E-state index contributed by atoms with van der Waals surface area (Å²) < 4.78 is 22.1. The SMILES string of the molecule is C[C@@H](Cl)C(=O)Nc1cccc(S(N)(=O)=O)c1. The summed E-state index contributed by atoms with van der Waals surface area (Å²) in [6, 6.07) is 5.64. The molecule has 3 N–H and O–H groups in total. The van der Waals surface area contributed by atoms with Crippen molar-refractivity contribution in [2.75, 3.05) is 5.32 Å². The molecule has 0 saturated heterocycles. The van der Waals surface area contributed by atoms with Crippen LogP contribution in [0.15, 0.2) is 29.2 Å². The summed E-state index contributed by atoms with van der Waals surface area (Å²) in [6.07, 6.45) is 0. The van der Waals surface area contributed by atoms with E-state index in [1.165, 1.54) is 25.1 Å². The second-order valence-electron chi connectivity index (χ2n) is 3.18. The van der Waals surface area contributed by atoms with Crippen molar-refractivity contribution in [2.24, 2.45) is 5.14 Å². The van der Waals surface area contributed by atoms with Crippen LogP contribution in [0, 0.1) is 0 Å². The Hall–Kier alpha value is -1.11.